The number of hydrogen-bond acceptors (Lipinski definition) is 2. The fourth-order valence-corrected chi connectivity index (χ4v) is 1.68. The third kappa shape index (κ3) is 4.06. The Bertz CT molecular complexity index is 516. The Morgan fingerprint density at radius 1 is 1.45 bits per heavy atom. The molecule has 8 heteroatoms. The lowest BCUT2D eigenvalue weighted by Gasteiger charge is -2.20. The van der Waals surface area contributed by atoms with Crippen molar-refractivity contribution in [2.24, 2.45) is 5.92 Å². The summed E-state index contributed by atoms with van der Waals surface area (Å²) in [6, 6.07) is 0.701. The molecule has 20 heavy (non-hydrogen) atoms. The number of urea groups is 1. The van der Waals surface area contributed by atoms with Crippen LogP contribution in [0.25, 0.3) is 0 Å². The van der Waals surface area contributed by atoms with Crippen molar-refractivity contribution in [1.29, 1.82) is 0 Å². The van der Waals surface area contributed by atoms with Crippen LogP contribution in [0.2, 0.25) is 5.02 Å². The Morgan fingerprint density at radius 3 is 2.55 bits per heavy atom. The van der Waals surface area contributed by atoms with E-state index in [4.69, 9.17) is 16.7 Å². The van der Waals surface area contributed by atoms with Crippen LogP contribution in [0.3, 0.4) is 0 Å². The summed E-state index contributed by atoms with van der Waals surface area (Å²) in [7, 11) is 1.35. The Kier molecular flexibility index (Phi) is 5.26. The molecule has 0 bridgehead atoms. The van der Waals surface area contributed by atoms with Crippen LogP contribution in [-0.4, -0.2) is 35.6 Å². The molecule has 0 aliphatic carbocycles. The minimum absolute atomic E-state index is 0.0679. The number of carboxylic acids is 1. The van der Waals surface area contributed by atoms with Gasteiger partial charge in [0.2, 0.25) is 0 Å². The van der Waals surface area contributed by atoms with Gasteiger partial charge < -0.3 is 15.3 Å². The number of anilines is 1. The Balaban J connectivity index is 2.78. The van der Waals surface area contributed by atoms with Gasteiger partial charge in [0, 0.05) is 19.7 Å². The summed E-state index contributed by atoms with van der Waals surface area (Å²) in [5.74, 6) is -3.71. The highest BCUT2D eigenvalue weighted by molar-refractivity contribution is 6.33. The van der Waals surface area contributed by atoms with E-state index in [-0.39, 0.29) is 17.3 Å². The molecule has 5 nitrogen and oxygen atoms in total. The number of carbonyl (C=O) groups is 2. The maximum atomic E-state index is 13.5. The van der Waals surface area contributed by atoms with E-state index in [9.17, 15) is 18.4 Å². The summed E-state index contributed by atoms with van der Waals surface area (Å²) >= 11 is 5.63. The molecule has 0 saturated carbocycles. The molecule has 0 radical (unpaired) electrons. The predicted molar refractivity (Wildman–Crippen MR) is 69.8 cm³/mol. The van der Waals surface area contributed by atoms with Gasteiger partial charge in [0.15, 0.2) is 5.82 Å². The fourth-order valence-electron chi connectivity index (χ4n) is 1.44. The number of nitrogens with zero attached hydrogens (tertiary/aromatic N) is 1. The van der Waals surface area contributed by atoms with Gasteiger partial charge in [-0.25, -0.2) is 13.6 Å². The van der Waals surface area contributed by atoms with Crippen LogP contribution in [0.15, 0.2) is 12.1 Å². The standard InChI is InChI=1S/C12H13ClF2N2O3/c1-6(11(18)19)5-17(2)12(20)16-10-8(13)3-7(14)4-9(10)15/h3-4,6H,5H2,1-2H3,(H,16,20)(H,18,19). The Labute approximate surface area is 119 Å². The first-order chi connectivity index (χ1) is 9.22. The summed E-state index contributed by atoms with van der Waals surface area (Å²) in [6.45, 7) is 1.36. The highest BCUT2D eigenvalue weighted by atomic mass is 35.5. The second-order valence-electron chi connectivity index (χ2n) is 4.29. The van der Waals surface area contributed by atoms with Crippen molar-refractivity contribution in [1.82, 2.24) is 4.90 Å². The topological polar surface area (TPSA) is 69.6 Å². The quantitative estimate of drug-likeness (QED) is 0.898. The normalized spacial score (nSPS) is 11.8. The van der Waals surface area contributed by atoms with Crippen molar-refractivity contribution >= 4 is 29.3 Å². The van der Waals surface area contributed by atoms with Crippen LogP contribution in [-0.2, 0) is 4.79 Å². The van der Waals surface area contributed by atoms with E-state index in [1.54, 1.807) is 0 Å². The number of rotatable bonds is 4. The molecule has 2 amide bonds. The van der Waals surface area contributed by atoms with E-state index in [0.29, 0.717) is 6.07 Å². The molecule has 1 atom stereocenters. The van der Waals surface area contributed by atoms with Crippen molar-refractivity contribution in [3.05, 3.63) is 28.8 Å². The Hall–Kier alpha value is -1.89. The zero-order chi connectivity index (χ0) is 15.4. The van der Waals surface area contributed by atoms with Crippen molar-refractivity contribution < 1.29 is 23.5 Å². The van der Waals surface area contributed by atoms with Crippen molar-refractivity contribution in [2.45, 2.75) is 6.92 Å². The van der Waals surface area contributed by atoms with Gasteiger partial charge >= 0.3 is 12.0 Å². The molecule has 110 valence electrons. The van der Waals surface area contributed by atoms with Crippen molar-refractivity contribution in [3.63, 3.8) is 0 Å². The molecule has 0 aliphatic heterocycles. The predicted octanol–water partition coefficient (Wildman–Crippen LogP) is 2.80. The third-order valence-corrected chi connectivity index (χ3v) is 2.85. The van der Waals surface area contributed by atoms with Gasteiger partial charge in [0.05, 0.1) is 16.6 Å². The SMILES string of the molecule is CC(CN(C)C(=O)Nc1c(F)cc(F)cc1Cl)C(=O)O. The van der Waals surface area contributed by atoms with Gasteiger partial charge in [-0.2, -0.15) is 0 Å². The number of carbonyl (C=O) groups excluding carboxylic acids is 1. The molecule has 0 aromatic heterocycles. The summed E-state index contributed by atoms with van der Waals surface area (Å²) in [5, 5.41) is 10.6. The highest BCUT2D eigenvalue weighted by Gasteiger charge is 2.19. The zero-order valence-corrected chi connectivity index (χ0v) is 11.5. The maximum Gasteiger partial charge on any atom is 0.321 e. The molecule has 1 unspecified atom stereocenters. The molecule has 0 fully saturated rings. The van der Waals surface area contributed by atoms with Gasteiger partial charge in [-0.15, -0.1) is 0 Å². The monoisotopic (exact) mass is 306 g/mol. The van der Waals surface area contributed by atoms with Gasteiger partial charge in [-0.05, 0) is 6.07 Å². The fraction of sp³-hybridized carbons (Fsp3) is 0.333. The molecule has 1 rings (SSSR count). The van der Waals surface area contributed by atoms with E-state index >= 15 is 0 Å². The number of aliphatic carboxylic acids is 1. The maximum absolute atomic E-state index is 13.5. The van der Waals surface area contributed by atoms with Gasteiger partial charge in [0.25, 0.3) is 0 Å². The van der Waals surface area contributed by atoms with Gasteiger partial charge in [-0.1, -0.05) is 18.5 Å². The van der Waals surface area contributed by atoms with Crippen LogP contribution in [0.4, 0.5) is 19.3 Å². The number of benzene rings is 1. The van der Waals surface area contributed by atoms with Gasteiger partial charge in [-0.3, -0.25) is 4.79 Å². The summed E-state index contributed by atoms with van der Waals surface area (Å²) in [4.78, 5) is 23.5. The third-order valence-electron chi connectivity index (χ3n) is 2.55. The Morgan fingerprint density at radius 2 is 2.05 bits per heavy atom. The second kappa shape index (κ2) is 6.51. The van der Waals surface area contributed by atoms with Crippen LogP contribution in [0, 0.1) is 17.6 Å². The molecule has 0 aliphatic rings. The number of halogens is 3. The largest absolute Gasteiger partial charge is 0.481 e. The summed E-state index contributed by atoms with van der Waals surface area (Å²) in [6.07, 6.45) is 0. The molecule has 1 aromatic carbocycles. The zero-order valence-electron chi connectivity index (χ0n) is 10.8. The van der Waals surface area contributed by atoms with E-state index < -0.39 is 29.6 Å². The van der Waals surface area contributed by atoms with Crippen LogP contribution >= 0.6 is 11.6 Å². The van der Waals surface area contributed by atoms with Crippen molar-refractivity contribution in [3.8, 4) is 0 Å². The molecule has 2 N–H and O–H groups in total. The number of hydrogen-bond donors (Lipinski definition) is 2. The second-order valence-corrected chi connectivity index (χ2v) is 4.70. The summed E-state index contributed by atoms with van der Waals surface area (Å²) < 4.78 is 26.3. The lowest BCUT2D eigenvalue weighted by Crippen LogP contribution is -2.36. The molecule has 0 heterocycles. The average molecular weight is 307 g/mol. The number of nitrogens with one attached hydrogen (secondary N) is 1. The van der Waals surface area contributed by atoms with Crippen LogP contribution < -0.4 is 5.32 Å². The summed E-state index contributed by atoms with van der Waals surface area (Å²) in [5.41, 5.74) is -0.354. The van der Waals surface area contributed by atoms with E-state index in [1.807, 2.05) is 0 Å². The molecular formula is C12H13ClF2N2O3. The molecule has 1 aromatic rings. The van der Waals surface area contributed by atoms with E-state index in [2.05, 4.69) is 5.32 Å². The molecule has 0 saturated heterocycles. The first-order valence-electron chi connectivity index (χ1n) is 5.61. The lowest BCUT2D eigenvalue weighted by molar-refractivity contribution is -0.141. The lowest BCUT2D eigenvalue weighted by atomic mass is 10.2. The van der Waals surface area contributed by atoms with Gasteiger partial charge in [0.1, 0.15) is 5.82 Å². The van der Waals surface area contributed by atoms with Crippen LogP contribution in [0.1, 0.15) is 6.92 Å². The first kappa shape index (κ1) is 16.2. The minimum atomic E-state index is -1.06. The van der Waals surface area contributed by atoms with E-state index in [0.717, 1.165) is 11.0 Å². The minimum Gasteiger partial charge on any atom is -0.481 e. The first-order valence-corrected chi connectivity index (χ1v) is 5.99. The van der Waals surface area contributed by atoms with Crippen LogP contribution in [0.5, 0.6) is 0 Å². The highest BCUT2D eigenvalue weighted by Crippen LogP contribution is 2.26. The smallest absolute Gasteiger partial charge is 0.321 e. The number of amides is 2. The molecule has 0 spiro atoms. The van der Waals surface area contributed by atoms with E-state index in [1.165, 1.54) is 14.0 Å². The number of carboxylic acid groups (broad SMARTS) is 1. The average Bonchev–Trinajstić information content (AvgIpc) is 2.32. The van der Waals surface area contributed by atoms with Crippen molar-refractivity contribution in [2.75, 3.05) is 18.9 Å². The molecular weight excluding hydrogens is 294 g/mol.